The number of rotatable bonds is 5. The van der Waals surface area contributed by atoms with Crippen molar-refractivity contribution >= 4 is 5.97 Å². The van der Waals surface area contributed by atoms with E-state index in [4.69, 9.17) is 9.47 Å². The van der Waals surface area contributed by atoms with Gasteiger partial charge in [0.2, 0.25) is 0 Å². The molecule has 110 valence electrons. The van der Waals surface area contributed by atoms with E-state index in [1.165, 1.54) is 20.0 Å². The van der Waals surface area contributed by atoms with Gasteiger partial charge in [-0.2, -0.15) is 0 Å². The monoisotopic (exact) mass is 277 g/mol. The fraction of sp³-hybridized carbons (Fsp3) is 0.562. The molecule has 4 nitrogen and oxygen atoms in total. The van der Waals surface area contributed by atoms with E-state index in [1.54, 1.807) is 7.11 Å². The molecule has 0 bridgehead atoms. The lowest BCUT2D eigenvalue weighted by molar-refractivity contribution is 0.0595. The Kier molecular flexibility index (Phi) is 5.56. The van der Waals surface area contributed by atoms with E-state index in [9.17, 15) is 4.79 Å². The average Bonchev–Trinajstić information content (AvgIpc) is 2.48. The second-order valence-corrected chi connectivity index (χ2v) is 5.35. The zero-order chi connectivity index (χ0) is 14.4. The predicted octanol–water partition coefficient (Wildman–Crippen LogP) is 2.33. The van der Waals surface area contributed by atoms with Crippen molar-refractivity contribution in [3.05, 3.63) is 35.4 Å². The lowest BCUT2D eigenvalue weighted by Crippen LogP contribution is -2.36. The van der Waals surface area contributed by atoms with Gasteiger partial charge < -0.3 is 9.47 Å². The van der Waals surface area contributed by atoms with Crippen LogP contribution in [-0.2, 0) is 16.0 Å². The van der Waals surface area contributed by atoms with Crippen LogP contribution in [0.5, 0.6) is 0 Å². The van der Waals surface area contributed by atoms with Gasteiger partial charge in [-0.25, -0.2) is 4.79 Å². The van der Waals surface area contributed by atoms with Crippen molar-refractivity contribution in [3.8, 4) is 0 Å². The number of carbonyl (C=O) groups excluding carboxylic acids is 1. The molecule has 0 saturated carbocycles. The molecule has 1 aromatic rings. The van der Waals surface area contributed by atoms with Crippen molar-refractivity contribution in [1.29, 1.82) is 0 Å². The molecular weight excluding hydrogens is 254 g/mol. The van der Waals surface area contributed by atoms with E-state index >= 15 is 0 Å². The van der Waals surface area contributed by atoms with Crippen LogP contribution in [0.3, 0.4) is 0 Å². The first-order valence-electron chi connectivity index (χ1n) is 7.12. The second kappa shape index (κ2) is 7.41. The Balaban J connectivity index is 2.04. The lowest BCUT2D eigenvalue weighted by atomic mass is 9.98. The maximum Gasteiger partial charge on any atom is 0.338 e. The van der Waals surface area contributed by atoms with Crippen molar-refractivity contribution < 1.29 is 14.3 Å². The molecule has 1 aliphatic rings. The number of nitrogens with zero attached hydrogens (tertiary/aromatic N) is 1. The van der Waals surface area contributed by atoms with Crippen molar-refractivity contribution in [1.82, 2.24) is 4.90 Å². The molecule has 0 amide bonds. The molecule has 1 fully saturated rings. The number of ether oxygens (including phenoxy) is 2. The third-order valence-corrected chi connectivity index (χ3v) is 3.82. The fourth-order valence-corrected chi connectivity index (χ4v) is 2.87. The molecular formula is C16H23NO3. The molecule has 1 saturated heterocycles. The van der Waals surface area contributed by atoms with E-state index in [1.807, 2.05) is 24.3 Å². The third kappa shape index (κ3) is 3.81. The molecule has 0 aliphatic carbocycles. The van der Waals surface area contributed by atoms with E-state index in [0.29, 0.717) is 11.5 Å². The van der Waals surface area contributed by atoms with Crippen LogP contribution in [0.25, 0.3) is 0 Å². The molecule has 20 heavy (non-hydrogen) atoms. The van der Waals surface area contributed by atoms with Gasteiger partial charge in [0.25, 0.3) is 0 Å². The Bertz CT molecular complexity index is 445. The number of esters is 1. The highest BCUT2D eigenvalue weighted by atomic mass is 16.5. The zero-order valence-corrected chi connectivity index (χ0v) is 12.3. The van der Waals surface area contributed by atoms with Crippen LogP contribution < -0.4 is 0 Å². The summed E-state index contributed by atoms with van der Waals surface area (Å²) in [5.74, 6) is 0.338. The van der Waals surface area contributed by atoms with E-state index < -0.39 is 0 Å². The zero-order valence-electron chi connectivity index (χ0n) is 12.3. The van der Waals surface area contributed by atoms with Crippen LogP contribution >= 0.6 is 0 Å². The van der Waals surface area contributed by atoms with Crippen LogP contribution in [0.2, 0.25) is 0 Å². The van der Waals surface area contributed by atoms with E-state index in [2.05, 4.69) is 4.90 Å². The Morgan fingerprint density at radius 3 is 2.90 bits per heavy atom. The van der Waals surface area contributed by atoms with Gasteiger partial charge in [-0.15, -0.1) is 0 Å². The summed E-state index contributed by atoms with van der Waals surface area (Å²) < 4.78 is 10.1. The number of carbonyl (C=O) groups is 1. The maximum atomic E-state index is 11.8. The molecule has 0 aromatic heterocycles. The molecule has 0 radical (unpaired) electrons. The quantitative estimate of drug-likeness (QED) is 0.774. The summed E-state index contributed by atoms with van der Waals surface area (Å²) in [4.78, 5) is 14.2. The maximum absolute atomic E-state index is 11.8. The number of piperidine rings is 1. The Hall–Kier alpha value is -1.39. The summed E-state index contributed by atoms with van der Waals surface area (Å²) in [6.07, 6.45) is 2.41. The van der Waals surface area contributed by atoms with Crippen LogP contribution in [0.1, 0.15) is 28.8 Å². The largest absolute Gasteiger partial charge is 0.465 e. The molecule has 1 unspecified atom stereocenters. The minimum absolute atomic E-state index is 0.258. The van der Waals surface area contributed by atoms with Crippen molar-refractivity contribution in [2.45, 2.75) is 19.4 Å². The second-order valence-electron chi connectivity index (χ2n) is 5.35. The van der Waals surface area contributed by atoms with Crippen molar-refractivity contribution in [2.75, 3.05) is 33.9 Å². The first-order chi connectivity index (χ1) is 9.74. The van der Waals surface area contributed by atoms with E-state index in [-0.39, 0.29) is 5.97 Å². The minimum Gasteiger partial charge on any atom is -0.465 e. The Morgan fingerprint density at radius 1 is 1.35 bits per heavy atom. The minimum atomic E-state index is -0.258. The summed E-state index contributed by atoms with van der Waals surface area (Å²) in [7, 11) is 3.18. The summed E-state index contributed by atoms with van der Waals surface area (Å²) in [5.41, 5.74) is 1.71. The highest BCUT2D eigenvalue weighted by Crippen LogP contribution is 2.20. The molecule has 1 aliphatic heterocycles. The molecule has 0 N–H and O–H groups in total. The van der Waals surface area contributed by atoms with Crippen LogP contribution in [0, 0.1) is 5.92 Å². The number of methoxy groups -OCH3 is 2. The number of likely N-dealkylation sites (tertiary alicyclic amines) is 1. The average molecular weight is 277 g/mol. The van der Waals surface area contributed by atoms with Gasteiger partial charge in [0.1, 0.15) is 0 Å². The molecule has 0 spiro atoms. The Morgan fingerprint density at radius 2 is 2.15 bits per heavy atom. The summed E-state index contributed by atoms with van der Waals surface area (Å²) in [6.45, 7) is 3.72. The molecule has 4 heteroatoms. The normalized spacial score (nSPS) is 19.8. The van der Waals surface area contributed by atoms with Crippen molar-refractivity contribution in [2.24, 2.45) is 5.92 Å². The van der Waals surface area contributed by atoms with Gasteiger partial charge in [0.05, 0.1) is 19.3 Å². The van der Waals surface area contributed by atoms with Gasteiger partial charge >= 0.3 is 5.97 Å². The third-order valence-electron chi connectivity index (χ3n) is 3.82. The Labute approximate surface area is 120 Å². The molecule has 1 heterocycles. The van der Waals surface area contributed by atoms with E-state index in [0.717, 1.165) is 31.8 Å². The molecule has 1 aromatic carbocycles. The van der Waals surface area contributed by atoms with Crippen LogP contribution in [-0.4, -0.2) is 44.8 Å². The summed E-state index contributed by atoms with van der Waals surface area (Å²) >= 11 is 0. The topological polar surface area (TPSA) is 38.8 Å². The number of hydrogen-bond donors (Lipinski definition) is 0. The highest BCUT2D eigenvalue weighted by molar-refractivity contribution is 5.90. The van der Waals surface area contributed by atoms with Crippen LogP contribution in [0.4, 0.5) is 0 Å². The summed E-state index contributed by atoms with van der Waals surface area (Å²) in [6, 6.07) is 7.68. The van der Waals surface area contributed by atoms with Gasteiger partial charge in [-0.3, -0.25) is 4.90 Å². The van der Waals surface area contributed by atoms with Gasteiger partial charge in [0.15, 0.2) is 0 Å². The molecule has 2 rings (SSSR count). The fourth-order valence-electron chi connectivity index (χ4n) is 2.87. The predicted molar refractivity (Wildman–Crippen MR) is 77.7 cm³/mol. The van der Waals surface area contributed by atoms with Crippen LogP contribution in [0.15, 0.2) is 24.3 Å². The van der Waals surface area contributed by atoms with Gasteiger partial charge in [0, 0.05) is 20.2 Å². The van der Waals surface area contributed by atoms with Crippen molar-refractivity contribution in [3.63, 3.8) is 0 Å². The standard InChI is InChI=1S/C16H23NO3/c1-19-12-13-6-5-9-17(10-13)11-14-7-3-4-8-15(14)16(18)20-2/h3-4,7-8,13H,5-6,9-12H2,1-2H3. The smallest absolute Gasteiger partial charge is 0.338 e. The van der Waals surface area contributed by atoms with Gasteiger partial charge in [-0.1, -0.05) is 18.2 Å². The van der Waals surface area contributed by atoms with Gasteiger partial charge in [-0.05, 0) is 36.9 Å². The highest BCUT2D eigenvalue weighted by Gasteiger charge is 2.21. The molecule has 1 atom stereocenters. The number of hydrogen-bond acceptors (Lipinski definition) is 4. The first-order valence-corrected chi connectivity index (χ1v) is 7.12. The number of benzene rings is 1. The lowest BCUT2D eigenvalue weighted by Gasteiger charge is -2.32. The first kappa shape index (κ1) is 15.0. The summed E-state index contributed by atoms with van der Waals surface area (Å²) in [5, 5.41) is 0. The SMILES string of the molecule is COCC1CCCN(Cc2ccccc2C(=O)OC)C1.